The van der Waals surface area contributed by atoms with Gasteiger partial charge >= 0.3 is 0 Å². The van der Waals surface area contributed by atoms with Crippen molar-refractivity contribution in [3.63, 3.8) is 0 Å². The summed E-state index contributed by atoms with van der Waals surface area (Å²) in [6.07, 6.45) is 9.39. The van der Waals surface area contributed by atoms with Gasteiger partial charge in [-0.25, -0.2) is 4.98 Å². The van der Waals surface area contributed by atoms with Crippen molar-refractivity contribution in [1.82, 2.24) is 14.7 Å². The number of fused-ring (bicyclic) bond motifs is 1. The van der Waals surface area contributed by atoms with Crippen LogP contribution in [0.1, 0.15) is 49.0 Å². The minimum Gasteiger partial charge on any atom is -0.369 e. The molecule has 6 rings (SSSR count). The number of rotatable bonds is 2. The molecular weight excluding hydrogens is 288 g/mol. The Balaban J connectivity index is 1.47. The molecule has 0 saturated heterocycles. The van der Waals surface area contributed by atoms with E-state index in [0.717, 1.165) is 42.5 Å². The summed E-state index contributed by atoms with van der Waals surface area (Å²) in [5.41, 5.74) is 7.19. The third-order valence-electron chi connectivity index (χ3n) is 6.21. The molecule has 4 aliphatic carbocycles. The number of nitrogen functional groups attached to an aromatic ring is 1. The highest BCUT2D eigenvalue weighted by molar-refractivity contribution is 6.00. The van der Waals surface area contributed by atoms with Crippen LogP contribution in [0.25, 0.3) is 5.52 Å². The minimum absolute atomic E-state index is 0.00527. The van der Waals surface area contributed by atoms with Gasteiger partial charge in [-0.1, -0.05) is 6.07 Å². The van der Waals surface area contributed by atoms with Gasteiger partial charge in [0.1, 0.15) is 0 Å². The lowest BCUT2D eigenvalue weighted by molar-refractivity contribution is -0.0167. The number of amides is 1. The van der Waals surface area contributed by atoms with Crippen LogP contribution in [0.5, 0.6) is 0 Å². The molecule has 4 saturated carbocycles. The molecule has 0 aromatic carbocycles. The predicted molar refractivity (Wildman–Crippen MR) is 88.0 cm³/mol. The van der Waals surface area contributed by atoms with Crippen molar-refractivity contribution in [2.75, 3.05) is 5.73 Å². The standard InChI is InChI=1S/C18H22N4O/c19-17-20-15(14-3-1-2-4-22(14)17)16(23)21-18-8-11-5-12(9-18)7-13(6-11)10-18/h1-4,11-13H,5-10H2,(H2,19,20)(H,21,23). The molecule has 2 aromatic heterocycles. The van der Waals surface area contributed by atoms with E-state index in [1.54, 1.807) is 4.40 Å². The van der Waals surface area contributed by atoms with Gasteiger partial charge in [0.25, 0.3) is 5.91 Å². The summed E-state index contributed by atoms with van der Waals surface area (Å²) in [6, 6.07) is 5.71. The Bertz CT molecular complexity index is 758. The molecule has 0 atom stereocenters. The van der Waals surface area contributed by atoms with E-state index < -0.39 is 0 Å². The number of hydrogen-bond donors (Lipinski definition) is 2. The number of carbonyl (C=O) groups is 1. The van der Waals surface area contributed by atoms with E-state index in [-0.39, 0.29) is 11.4 Å². The maximum atomic E-state index is 12.9. The Labute approximate surface area is 135 Å². The monoisotopic (exact) mass is 310 g/mol. The summed E-state index contributed by atoms with van der Waals surface area (Å²) >= 11 is 0. The second-order valence-corrected chi connectivity index (χ2v) is 7.93. The number of hydrogen-bond acceptors (Lipinski definition) is 3. The van der Waals surface area contributed by atoms with Crippen molar-refractivity contribution in [2.24, 2.45) is 17.8 Å². The van der Waals surface area contributed by atoms with Crippen LogP contribution in [0.15, 0.2) is 24.4 Å². The van der Waals surface area contributed by atoms with E-state index in [1.807, 2.05) is 24.4 Å². The number of pyridine rings is 1. The average Bonchev–Trinajstić information content (AvgIpc) is 2.83. The third kappa shape index (κ3) is 1.98. The average molecular weight is 310 g/mol. The van der Waals surface area contributed by atoms with Crippen LogP contribution in [0.2, 0.25) is 0 Å². The number of aromatic nitrogens is 2. The van der Waals surface area contributed by atoms with Crippen LogP contribution in [0, 0.1) is 17.8 Å². The lowest BCUT2D eigenvalue weighted by atomic mass is 9.53. The molecule has 0 unspecified atom stereocenters. The van der Waals surface area contributed by atoms with Crippen molar-refractivity contribution in [2.45, 2.75) is 44.1 Å². The fraction of sp³-hybridized carbons (Fsp3) is 0.556. The van der Waals surface area contributed by atoms with Crippen LogP contribution in [-0.2, 0) is 0 Å². The molecule has 120 valence electrons. The highest BCUT2D eigenvalue weighted by atomic mass is 16.2. The minimum atomic E-state index is -0.0626. The smallest absolute Gasteiger partial charge is 0.272 e. The Morgan fingerprint density at radius 2 is 1.83 bits per heavy atom. The Kier molecular flexibility index (Phi) is 2.62. The summed E-state index contributed by atoms with van der Waals surface area (Å²) in [5.74, 6) is 2.74. The topological polar surface area (TPSA) is 72.4 Å². The maximum Gasteiger partial charge on any atom is 0.272 e. The van der Waals surface area contributed by atoms with Gasteiger partial charge in [-0.2, -0.15) is 0 Å². The zero-order chi connectivity index (χ0) is 15.6. The summed E-state index contributed by atoms with van der Waals surface area (Å²) in [6.45, 7) is 0. The van der Waals surface area contributed by atoms with Gasteiger partial charge in [-0.3, -0.25) is 9.20 Å². The predicted octanol–water partition coefficient (Wildman–Crippen LogP) is 2.62. The fourth-order valence-corrected chi connectivity index (χ4v) is 5.79. The van der Waals surface area contributed by atoms with Gasteiger partial charge in [0.2, 0.25) is 5.95 Å². The molecule has 0 spiro atoms. The van der Waals surface area contributed by atoms with E-state index in [0.29, 0.717) is 11.6 Å². The first-order valence-corrected chi connectivity index (χ1v) is 8.67. The van der Waals surface area contributed by atoms with Crippen molar-refractivity contribution < 1.29 is 4.79 Å². The van der Waals surface area contributed by atoms with Crippen molar-refractivity contribution in [1.29, 1.82) is 0 Å². The molecule has 4 bridgehead atoms. The van der Waals surface area contributed by atoms with E-state index in [9.17, 15) is 4.79 Å². The Hall–Kier alpha value is -2.04. The molecule has 4 fully saturated rings. The summed E-state index contributed by atoms with van der Waals surface area (Å²) < 4.78 is 1.77. The molecule has 0 radical (unpaired) electrons. The zero-order valence-electron chi connectivity index (χ0n) is 13.2. The van der Waals surface area contributed by atoms with Gasteiger partial charge in [0.15, 0.2) is 5.69 Å². The lowest BCUT2D eigenvalue weighted by Crippen LogP contribution is -2.59. The van der Waals surface area contributed by atoms with E-state index >= 15 is 0 Å². The number of imidazole rings is 1. The van der Waals surface area contributed by atoms with Gasteiger partial charge < -0.3 is 11.1 Å². The number of nitrogens with two attached hydrogens (primary N) is 1. The molecule has 1 amide bonds. The molecular formula is C18H22N4O. The molecule has 3 N–H and O–H groups in total. The second kappa shape index (κ2) is 4.49. The number of anilines is 1. The molecule has 2 heterocycles. The first-order chi connectivity index (χ1) is 11.1. The molecule has 5 nitrogen and oxygen atoms in total. The zero-order valence-corrected chi connectivity index (χ0v) is 13.2. The largest absolute Gasteiger partial charge is 0.369 e. The summed E-state index contributed by atoms with van der Waals surface area (Å²) in [7, 11) is 0. The van der Waals surface area contributed by atoms with E-state index in [1.165, 1.54) is 19.3 Å². The van der Waals surface area contributed by atoms with Crippen LogP contribution < -0.4 is 11.1 Å². The lowest BCUT2D eigenvalue weighted by Gasteiger charge is -2.56. The van der Waals surface area contributed by atoms with Crippen molar-refractivity contribution >= 4 is 17.4 Å². The molecule has 4 aliphatic rings. The molecule has 2 aromatic rings. The van der Waals surface area contributed by atoms with Crippen LogP contribution in [0.3, 0.4) is 0 Å². The van der Waals surface area contributed by atoms with Gasteiger partial charge in [-0.15, -0.1) is 0 Å². The quantitative estimate of drug-likeness (QED) is 0.895. The highest BCUT2D eigenvalue weighted by Crippen LogP contribution is 2.55. The van der Waals surface area contributed by atoms with Crippen molar-refractivity contribution in [3.05, 3.63) is 30.1 Å². The Morgan fingerprint density at radius 1 is 1.17 bits per heavy atom. The summed E-state index contributed by atoms with van der Waals surface area (Å²) in [5, 5.41) is 3.38. The maximum absolute atomic E-state index is 12.9. The molecule has 0 aliphatic heterocycles. The van der Waals surface area contributed by atoms with Crippen LogP contribution >= 0.6 is 0 Å². The van der Waals surface area contributed by atoms with Crippen LogP contribution in [0.4, 0.5) is 5.95 Å². The Morgan fingerprint density at radius 3 is 2.48 bits per heavy atom. The normalized spacial score (nSPS) is 34.9. The number of nitrogens with zero attached hydrogens (tertiary/aromatic N) is 2. The molecule has 5 heteroatoms. The van der Waals surface area contributed by atoms with Crippen LogP contribution in [-0.4, -0.2) is 20.8 Å². The molecule has 23 heavy (non-hydrogen) atoms. The number of carbonyl (C=O) groups excluding carboxylic acids is 1. The van der Waals surface area contributed by atoms with Gasteiger partial charge in [0.05, 0.1) is 5.52 Å². The first kappa shape index (κ1) is 13.4. The third-order valence-corrected chi connectivity index (χ3v) is 6.21. The second-order valence-electron chi connectivity index (χ2n) is 7.93. The SMILES string of the molecule is Nc1nc(C(=O)NC23CC4CC(CC(C4)C2)C3)c2ccccn12. The van der Waals surface area contributed by atoms with E-state index in [4.69, 9.17) is 5.73 Å². The summed E-state index contributed by atoms with van der Waals surface area (Å²) in [4.78, 5) is 17.2. The fourth-order valence-electron chi connectivity index (χ4n) is 5.79. The van der Waals surface area contributed by atoms with Gasteiger partial charge in [0, 0.05) is 11.7 Å². The van der Waals surface area contributed by atoms with Crippen molar-refractivity contribution in [3.8, 4) is 0 Å². The number of nitrogens with one attached hydrogen (secondary N) is 1. The van der Waals surface area contributed by atoms with Gasteiger partial charge in [-0.05, 0) is 68.4 Å². The first-order valence-electron chi connectivity index (χ1n) is 8.67. The van der Waals surface area contributed by atoms with E-state index in [2.05, 4.69) is 10.3 Å². The highest BCUT2D eigenvalue weighted by Gasteiger charge is 2.51.